The maximum Gasteiger partial charge on any atom is 0.407 e. The average molecular weight is 376 g/mol. The van der Waals surface area contributed by atoms with Crippen LogP contribution in [0.5, 0.6) is 0 Å². The Morgan fingerprint density at radius 3 is 2.68 bits per heavy atom. The molecule has 1 amide bonds. The van der Waals surface area contributed by atoms with Gasteiger partial charge in [0.05, 0.1) is 11.4 Å². The van der Waals surface area contributed by atoms with E-state index in [9.17, 15) is 4.79 Å². The number of carbonyl (C=O) groups is 1. The number of nitrogen functional groups attached to an aromatic ring is 1. The van der Waals surface area contributed by atoms with Gasteiger partial charge in [0.2, 0.25) is 0 Å². The number of para-hydroxylation sites is 2. The molecule has 0 radical (unpaired) electrons. The molecule has 0 aliphatic carbocycles. The fourth-order valence-electron chi connectivity index (χ4n) is 2.70. The minimum atomic E-state index is -0.449. The average Bonchev–Trinajstić information content (AvgIpc) is 2.73. The molecule has 0 aromatic heterocycles. The summed E-state index contributed by atoms with van der Waals surface area (Å²) in [7, 11) is 0. The molecule has 144 valence electrons. The van der Waals surface area contributed by atoms with Crippen LogP contribution in [0.15, 0.2) is 71.8 Å². The lowest BCUT2D eigenvalue weighted by Gasteiger charge is -2.13. The Hall–Kier alpha value is -3.54. The van der Waals surface area contributed by atoms with Crippen LogP contribution in [-0.4, -0.2) is 25.5 Å². The van der Waals surface area contributed by atoms with Crippen LogP contribution in [0.2, 0.25) is 0 Å². The fourth-order valence-corrected chi connectivity index (χ4v) is 2.70. The van der Waals surface area contributed by atoms with Crippen molar-refractivity contribution in [1.29, 1.82) is 0 Å². The van der Waals surface area contributed by atoms with E-state index in [-0.39, 0.29) is 6.61 Å². The first-order valence-electron chi connectivity index (χ1n) is 9.11. The van der Waals surface area contributed by atoms with E-state index in [1.165, 1.54) is 0 Å². The molecule has 0 unspecified atom stereocenters. The number of hydrogen-bond acceptors (Lipinski definition) is 5. The highest BCUT2D eigenvalue weighted by molar-refractivity contribution is 5.81. The summed E-state index contributed by atoms with van der Waals surface area (Å²) in [6, 6.07) is 15.3. The van der Waals surface area contributed by atoms with Crippen molar-refractivity contribution in [2.75, 3.05) is 24.2 Å². The van der Waals surface area contributed by atoms with Gasteiger partial charge in [-0.3, -0.25) is 4.99 Å². The van der Waals surface area contributed by atoms with Crippen molar-refractivity contribution in [1.82, 2.24) is 5.32 Å². The zero-order valence-electron chi connectivity index (χ0n) is 15.7. The van der Waals surface area contributed by atoms with Crippen molar-refractivity contribution in [3.05, 3.63) is 77.9 Å². The van der Waals surface area contributed by atoms with Crippen LogP contribution in [0.25, 0.3) is 5.70 Å². The molecule has 1 aliphatic heterocycles. The second-order valence-electron chi connectivity index (χ2n) is 6.42. The van der Waals surface area contributed by atoms with Gasteiger partial charge in [-0.1, -0.05) is 49.1 Å². The molecule has 2 aromatic carbocycles. The highest BCUT2D eigenvalue weighted by atomic mass is 16.5. The number of rotatable bonds is 7. The summed E-state index contributed by atoms with van der Waals surface area (Å²) in [5, 5.41) is 5.97. The molecular weight excluding hydrogens is 352 g/mol. The van der Waals surface area contributed by atoms with Gasteiger partial charge in [-0.25, -0.2) is 4.79 Å². The Bertz CT molecular complexity index is 901. The predicted octanol–water partition coefficient (Wildman–Crippen LogP) is 3.98. The number of benzene rings is 2. The van der Waals surface area contributed by atoms with E-state index in [1.54, 1.807) is 6.21 Å². The molecule has 28 heavy (non-hydrogen) atoms. The molecule has 2 aromatic rings. The van der Waals surface area contributed by atoms with Gasteiger partial charge in [-0.15, -0.1) is 0 Å². The molecular formula is C22H24N4O2. The Balaban J connectivity index is 1.46. The lowest BCUT2D eigenvalue weighted by atomic mass is 10.1. The molecule has 6 heteroatoms. The third-order valence-electron chi connectivity index (χ3n) is 4.28. The molecule has 3 rings (SSSR count). The van der Waals surface area contributed by atoms with Crippen molar-refractivity contribution in [2.24, 2.45) is 4.99 Å². The standard InChI is InChI=1S/C22H24N4O2/c1-16(26-21-7-3-2-6-20(21)23)19-10-8-17(9-11-19)14-25-22(27)28-15-18-5-4-12-24-13-18/h2-3,5-11,13,26H,1,4,12,14-15,23H2,(H,25,27). The Kier molecular flexibility index (Phi) is 6.46. The van der Waals surface area contributed by atoms with Gasteiger partial charge < -0.3 is 21.1 Å². The molecule has 4 N–H and O–H groups in total. The van der Waals surface area contributed by atoms with Gasteiger partial charge in [0.15, 0.2) is 0 Å². The monoisotopic (exact) mass is 376 g/mol. The Morgan fingerprint density at radius 2 is 1.96 bits per heavy atom. The van der Waals surface area contributed by atoms with E-state index in [4.69, 9.17) is 10.5 Å². The topological polar surface area (TPSA) is 88.7 Å². The second kappa shape index (κ2) is 9.41. The number of dihydropyridines is 1. The third kappa shape index (κ3) is 5.48. The predicted molar refractivity (Wildman–Crippen MR) is 114 cm³/mol. The largest absolute Gasteiger partial charge is 0.445 e. The number of anilines is 2. The number of ether oxygens (including phenoxy) is 1. The van der Waals surface area contributed by atoms with E-state index in [0.29, 0.717) is 12.2 Å². The number of carbonyl (C=O) groups excluding carboxylic acids is 1. The van der Waals surface area contributed by atoms with Gasteiger partial charge in [-0.2, -0.15) is 0 Å². The lowest BCUT2D eigenvalue weighted by molar-refractivity contribution is 0.156. The maximum atomic E-state index is 11.8. The summed E-state index contributed by atoms with van der Waals surface area (Å²) in [5.74, 6) is 0. The molecule has 0 spiro atoms. The van der Waals surface area contributed by atoms with Crippen molar-refractivity contribution in [2.45, 2.75) is 13.0 Å². The zero-order chi connectivity index (χ0) is 19.8. The van der Waals surface area contributed by atoms with Crippen LogP contribution >= 0.6 is 0 Å². The highest BCUT2D eigenvalue weighted by Crippen LogP contribution is 2.22. The number of alkyl carbamates (subject to hydrolysis) is 1. The second-order valence-corrected chi connectivity index (χ2v) is 6.42. The number of amides is 1. The molecule has 1 heterocycles. The number of aliphatic imine (C=N–C) groups is 1. The van der Waals surface area contributed by atoms with Crippen molar-refractivity contribution in [3.63, 3.8) is 0 Å². The third-order valence-corrected chi connectivity index (χ3v) is 4.28. The summed E-state index contributed by atoms with van der Waals surface area (Å²) in [6.07, 6.45) is 4.22. The van der Waals surface area contributed by atoms with Gasteiger partial charge in [0, 0.05) is 30.6 Å². The Labute approximate surface area is 164 Å². The van der Waals surface area contributed by atoms with Crippen LogP contribution in [-0.2, 0) is 11.3 Å². The number of nitrogens with two attached hydrogens (primary N) is 1. The molecule has 6 nitrogen and oxygen atoms in total. The lowest BCUT2D eigenvalue weighted by Crippen LogP contribution is -2.24. The van der Waals surface area contributed by atoms with Gasteiger partial charge in [0.1, 0.15) is 6.61 Å². The van der Waals surface area contributed by atoms with E-state index in [1.807, 2.05) is 54.6 Å². The van der Waals surface area contributed by atoms with E-state index >= 15 is 0 Å². The van der Waals surface area contributed by atoms with Gasteiger partial charge in [-0.05, 0) is 29.7 Å². The van der Waals surface area contributed by atoms with Crippen LogP contribution in [0, 0.1) is 0 Å². The van der Waals surface area contributed by atoms with Crippen molar-refractivity contribution >= 4 is 29.4 Å². The highest BCUT2D eigenvalue weighted by Gasteiger charge is 2.06. The van der Waals surface area contributed by atoms with Crippen molar-refractivity contribution in [3.8, 4) is 0 Å². The SMILES string of the molecule is C=C(Nc1ccccc1N)c1ccc(CNC(=O)OCC2=CCCN=C2)cc1. The zero-order valence-corrected chi connectivity index (χ0v) is 15.7. The van der Waals surface area contributed by atoms with Crippen LogP contribution in [0.4, 0.5) is 16.2 Å². The number of nitrogens with zero attached hydrogens (tertiary/aromatic N) is 1. The summed E-state index contributed by atoms with van der Waals surface area (Å²) in [6.45, 7) is 5.48. The molecule has 0 saturated heterocycles. The summed E-state index contributed by atoms with van der Waals surface area (Å²) in [5.41, 5.74) is 11.0. The minimum absolute atomic E-state index is 0.238. The van der Waals surface area contributed by atoms with Crippen LogP contribution < -0.4 is 16.4 Å². The fraction of sp³-hybridized carbons (Fsp3) is 0.182. The molecule has 1 aliphatic rings. The molecule has 0 fully saturated rings. The minimum Gasteiger partial charge on any atom is -0.445 e. The van der Waals surface area contributed by atoms with Gasteiger partial charge >= 0.3 is 6.09 Å². The van der Waals surface area contributed by atoms with E-state index < -0.39 is 6.09 Å². The van der Waals surface area contributed by atoms with Gasteiger partial charge in [0.25, 0.3) is 0 Å². The molecule has 0 atom stereocenters. The first-order valence-corrected chi connectivity index (χ1v) is 9.11. The van der Waals surface area contributed by atoms with Crippen LogP contribution in [0.3, 0.4) is 0 Å². The summed E-state index contributed by atoms with van der Waals surface area (Å²) < 4.78 is 5.20. The van der Waals surface area contributed by atoms with Crippen LogP contribution in [0.1, 0.15) is 17.5 Å². The first kappa shape index (κ1) is 19.2. The summed E-state index contributed by atoms with van der Waals surface area (Å²) in [4.78, 5) is 16.0. The van der Waals surface area contributed by atoms with E-state index in [0.717, 1.165) is 41.1 Å². The quantitative estimate of drug-likeness (QED) is 0.638. The smallest absolute Gasteiger partial charge is 0.407 e. The first-order chi connectivity index (χ1) is 13.6. The maximum absolute atomic E-state index is 11.8. The Morgan fingerprint density at radius 1 is 1.18 bits per heavy atom. The molecule has 0 bridgehead atoms. The number of nitrogens with one attached hydrogen (secondary N) is 2. The number of hydrogen-bond donors (Lipinski definition) is 3. The summed E-state index contributed by atoms with van der Waals surface area (Å²) >= 11 is 0. The molecule has 0 saturated carbocycles. The normalized spacial score (nSPS) is 12.8. The van der Waals surface area contributed by atoms with Crippen molar-refractivity contribution < 1.29 is 9.53 Å². The van der Waals surface area contributed by atoms with E-state index in [2.05, 4.69) is 22.2 Å².